The third kappa shape index (κ3) is 3.80. The predicted molar refractivity (Wildman–Crippen MR) is 90.1 cm³/mol. The van der Waals surface area contributed by atoms with Crippen LogP contribution in [0, 0.1) is 17.0 Å². The third-order valence-corrected chi connectivity index (χ3v) is 4.19. The molecular formula is C18H20N2O3. The van der Waals surface area contributed by atoms with Crippen LogP contribution in [0.2, 0.25) is 0 Å². The van der Waals surface area contributed by atoms with Gasteiger partial charge in [0.15, 0.2) is 0 Å². The van der Waals surface area contributed by atoms with Gasteiger partial charge in [-0.1, -0.05) is 17.7 Å². The summed E-state index contributed by atoms with van der Waals surface area (Å²) in [6, 6.07) is 14.9. The van der Waals surface area contributed by atoms with Crippen LogP contribution in [0.15, 0.2) is 48.5 Å². The van der Waals surface area contributed by atoms with Crippen LogP contribution in [-0.4, -0.2) is 24.1 Å². The van der Waals surface area contributed by atoms with Crippen molar-refractivity contribution in [3.63, 3.8) is 0 Å². The number of non-ortho nitro benzene ring substituents is 1. The van der Waals surface area contributed by atoms with Gasteiger partial charge in [0.1, 0.15) is 11.9 Å². The van der Waals surface area contributed by atoms with Crippen LogP contribution < -0.4 is 9.64 Å². The standard InChI is InChI=1S/C18H20N2O3/c1-14-2-8-17(9-3-14)23-18-10-12-19(13-11-18)15-4-6-16(7-5-15)20(21)22/h2-9,18H,10-13H2,1H3. The molecule has 0 spiro atoms. The van der Waals surface area contributed by atoms with Gasteiger partial charge in [-0.15, -0.1) is 0 Å². The maximum absolute atomic E-state index is 10.7. The maximum atomic E-state index is 10.7. The zero-order chi connectivity index (χ0) is 16.2. The molecule has 0 bridgehead atoms. The lowest BCUT2D eigenvalue weighted by Gasteiger charge is -2.33. The van der Waals surface area contributed by atoms with E-state index < -0.39 is 0 Å². The molecule has 1 aliphatic heterocycles. The number of aryl methyl sites for hydroxylation is 1. The Morgan fingerprint density at radius 3 is 2.22 bits per heavy atom. The minimum atomic E-state index is -0.370. The smallest absolute Gasteiger partial charge is 0.269 e. The van der Waals surface area contributed by atoms with Gasteiger partial charge in [-0.25, -0.2) is 0 Å². The quantitative estimate of drug-likeness (QED) is 0.633. The molecule has 5 nitrogen and oxygen atoms in total. The Balaban J connectivity index is 1.55. The Kier molecular flexibility index (Phi) is 4.46. The fraction of sp³-hybridized carbons (Fsp3) is 0.333. The first kappa shape index (κ1) is 15.3. The summed E-state index contributed by atoms with van der Waals surface area (Å²) in [6.45, 7) is 3.86. The molecule has 0 radical (unpaired) electrons. The van der Waals surface area contributed by atoms with E-state index in [1.54, 1.807) is 12.1 Å². The summed E-state index contributed by atoms with van der Waals surface area (Å²) in [6.07, 6.45) is 2.13. The Morgan fingerprint density at radius 1 is 1.04 bits per heavy atom. The van der Waals surface area contributed by atoms with Gasteiger partial charge in [0.25, 0.3) is 5.69 Å². The number of nitro groups is 1. The van der Waals surface area contributed by atoms with Crippen molar-refractivity contribution in [2.24, 2.45) is 0 Å². The lowest BCUT2D eigenvalue weighted by Crippen LogP contribution is -2.38. The minimum absolute atomic E-state index is 0.131. The monoisotopic (exact) mass is 312 g/mol. The third-order valence-electron chi connectivity index (χ3n) is 4.19. The lowest BCUT2D eigenvalue weighted by molar-refractivity contribution is -0.384. The molecule has 2 aromatic rings. The second-order valence-electron chi connectivity index (χ2n) is 5.89. The summed E-state index contributed by atoms with van der Waals surface area (Å²) >= 11 is 0. The summed E-state index contributed by atoms with van der Waals surface area (Å²) in [5.74, 6) is 0.921. The van der Waals surface area contributed by atoms with Gasteiger partial charge < -0.3 is 9.64 Å². The number of anilines is 1. The largest absolute Gasteiger partial charge is 0.490 e. The van der Waals surface area contributed by atoms with Gasteiger partial charge in [-0.2, -0.15) is 0 Å². The van der Waals surface area contributed by atoms with Crippen molar-refractivity contribution in [2.45, 2.75) is 25.9 Å². The summed E-state index contributed by atoms with van der Waals surface area (Å²) in [5.41, 5.74) is 2.39. The highest BCUT2D eigenvalue weighted by Crippen LogP contribution is 2.25. The van der Waals surface area contributed by atoms with E-state index in [1.807, 2.05) is 24.3 Å². The van der Waals surface area contributed by atoms with Gasteiger partial charge in [0, 0.05) is 43.8 Å². The first-order valence-electron chi connectivity index (χ1n) is 7.84. The molecule has 0 aliphatic carbocycles. The molecule has 1 aliphatic rings. The Labute approximate surface area is 135 Å². The number of nitro benzene ring substituents is 1. The second kappa shape index (κ2) is 6.69. The molecule has 0 saturated carbocycles. The topological polar surface area (TPSA) is 55.6 Å². The Bertz CT molecular complexity index is 660. The molecule has 0 amide bonds. The van der Waals surface area contributed by atoms with Crippen LogP contribution in [0.4, 0.5) is 11.4 Å². The number of benzene rings is 2. The molecule has 0 unspecified atom stereocenters. The van der Waals surface area contributed by atoms with Crippen LogP contribution in [0.25, 0.3) is 0 Å². The second-order valence-corrected chi connectivity index (χ2v) is 5.89. The van der Waals surface area contributed by atoms with Gasteiger partial charge in [0.05, 0.1) is 4.92 Å². The van der Waals surface area contributed by atoms with E-state index in [4.69, 9.17) is 4.74 Å². The van der Waals surface area contributed by atoms with Crippen molar-refractivity contribution in [3.05, 3.63) is 64.2 Å². The molecule has 5 heteroatoms. The molecule has 1 heterocycles. The van der Waals surface area contributed by atoms with Crippen molar-refractivity contribution in [1.29, 1.82) is 0 Å². The molecule has 23 heavy (non-hydrogen) atoms. The van der Waals surface area contributed by atoms with E-state index in [9.17, 15) is 10.1 Å². The van der Waals surface area contributed by atoms with E-state index in [-0.39, 0.29) is 16.7 Å². The molecule has 0 aromatic heterocycles. The van der Waals surface area contributed by atoms with Crippen molar-refractivity contribution in [1.82, 2.24) is 0 Å². The number of hydrogen-bond donors (Lipinski definition) is 0. The van der Waals surface area contributed by atoms with Crippen LogP contribution in [-0.2, 0) is 0 Å². The van der Waals surface area contributed by atoms with E-state index in [2.05, 4.69) is 24.0 Å². The summed E-state index contributed by atoms with van der Waals surface area (Å²) in [5, 5.41) is 10.7. The highest BCUT2D eigenvalue weighted by Gasteiger charge is 2.21. The first-order chi connectivity index (χ1) is 11.1. The molecule has 1 fully saturated rings. The Hall–Kier alpha value is -2.56. The SMILES string of the molecule is Cc1ccc(OC2CCN(c3ccc([N+](=O)[O-])cc3)CC2)cc1. The molecule has 3 rings (SSSR count). The minimum Gasteiger partial charge on any atom is -0.490 e. The van der Waals surface area contributed by atoms with Gasteiger partial charge in [0.2, 0.25) is 0 Å². The van der Waals surface area contributed by atoms with Crippen molar-refractivity contribution in [3.8, 4) is 5.75 Å². The Morgan fingerprint density at radius 2 is 1.65 bits per heavy atom. The number of hydrogen-bond acceptors (Lipinski definition) is 4. The highest BCUT2D eigenvalue weighted by molar-refractivity contribution is 5.51. The summed E-state index contributed by atoms with van der Waals surface area (Å²) < 4.78 is 6.03. The molecule has 1 saturated heterocycles. The number of rotatable bonds is 4. The molecular weight excluding hydrogens is 292 g/mol. The van der Waals surface area contributed by atoms with Crippen molar-refractivity contribution < 1.29 is 9.66 Å². The van der Waals surface area contributed by atoms with Gasteiger partial charge in [-0.3, -0.25) is 10.1 Å². The fourth-order valence-corrected chi connectivity index (χ4v) is 2.83. The van der Waals surface area contributed by atoms with Crippen molar-refractivity contribution >= 4 is 11.4 Å². The van der Waals surface area contributed by atoms with E-state index in [0.717, 1.165) is 37.4 Å². The predicted octanol–water partition coefficient (Wildman–Crippen LogP) is 3.95. The lowest BCUT2D eigenvalue weighted by atomic mass is 10.1. The average molecular weight is 312 g/mol. The maximum Gasteiger partial charge on any atom is 0.269 e. The number of nitrogens with zero attached hydrogens (tertiary/aromatic N) is 2. The van der Waals surface area contributed by atoms with E-state index in [0.29, 0.717) is 0 Å². The highest BCUT2D eigenvalue weighted by atomic mass is 16.6. The van der Waals surface area contributed by atoms with Crippen LogP contribution in [0.5, 0.6) is 5.75 Å². The van der Waals surface area contributed by atoms with Crippen LogP contribution in [0.1, 0.15) is 18.4 Å². The van der Waals surface area contributed by atoms with Crippen molar-refractivity contribution in [2.75, 3.05) is 18.0 Å². The zero-order valence-electron chi connectivity index (χ0n) is 13.1. The molecule has 0 N–H and O–H groups in total. The summed E-state index contributed by atoms with van der Waals surface area (Å²) in [4.78, 5) is 12.6. The number of ether oxygens (including phenoxy) is 1. The molecule has 0 atom stereocenters. The van der Waals surface area contributed by atoms with Gasteiger partial charge in [-0.05, 0) is 31.2 Å². The molecule has 120 valence electrons. The fourth-order valence-electron chi connectivity index (χ4n) is 2.83. The van der Waals surface area contributed by atoms with E-state index >= 15 is 0 Å². The van der Waals surface area contributed by atoms with Gasteiger partial charge >= 0.3 is 0 Å². The summed E-state index contributed by atoms with van der Waals surface area (Å²) in [7, 11) is 0. The van der Waals surface area contributed by atoms with Crippen LogP contribution in [0.3, 0.4) is 0 Å². The van der Waals surface area contributed by atoms with E-state index in [1.165, 1.54) is 5.56 Å². The number of piperidine rings is 1. The normalized spacial score (nSPS) is 15.4. The molecule has 2 aromatic carbocycles. The average Bonchev–Trinajstić information content (AvgIpc) is 2.58. The zero-order valence-corrected chi connectivity index (χ0v) is 13.1. The van der Waals surface area contributed by atoms with Crippen LogP contribution >= 0.6 is 0 Å². The first-order valence-corrected chi connectivity index (χ1v) is 7.84.